The number of ether oxygens (including phenoxy) is 1. The van der Waals surface area contributed by atoms with Crippen LogP contribution in [-0.2, 0) is 20.9 Å². The summed E-state index contributed by atoms with van der Waals surface area (Å²) in [5, 5.41) is 6.89. The van der Waals surface area contributed by atoms with Gasteiger partial charge in [-0.1, -0.05) is 30.3 Å². The highest BCUT2D eigenvalue weighted by molar-refractivity contribution is 5.86. The molecule has 27 heavy (non-hydrogen) atoms. The third-order valence-electron chi connectivity index (χ3n) is 4.92. The summed E-state index contributed by atoms with van der Waals surface area (Å²) in [6.45, 7) is 6.18. The molecule has 0 bridgehead atoms. The van der Waals surface area contributed by atoms with Crippen LogP contribution in [0.1, 0.15) is 36.7 Å². The predicted molar refractivity (Wildman–Crippen MR) is 101 cm³/mol. The summed E-state index contributed by atoms with van der Waals surface area (Å²) in [7, 11) is 1.75. The maximum Gasteiger partial charge on any atom is 0.254 e. The summed E-state index contributed by atoms with van der Waals surface area (Å²) in [5.41, 5.74) is 2.78. The Balaban J connectivity index is 1.90. The summed E-state index contributed by atoms with van der Waals surface area (Å²) >= 11 is 0. The Morgan fingerprint density at radius 1 is 1.37 bits per heavy atom. The lowest BCUT2D eigenvalue weighted by Gasteiger charge is -2.43. The zero-order valence-corrected chi connectivity index (χ0v) is 16.2. The van der Waals surface area contributed by atoms with Gasteiger partial charge in [0.05, 0.1) is 12.2 Å². The fourth-order valence-corrected chi connectivity index (χ4v) is 3.51. The van der Waals surface area contributed by atoms with E-state index >= 15 is 0 Å². The molecule has 1 fully saturated rings. The number of nitrogens with zero attached hydrogens (tertiary/aromatic N) is 3. The first-order valence-electron chi connectivity index (χ1n) is 9.11. The number of benzene rings is 1. The molecule has 0 unspecified atom stereocenters. The predicted octanol–water partition coefficient (Wildman–Crippen LogP) is 2.05. The molecule has 1 aromatic carbocycles. The Kier molecular flexibility index (Phi) is 5.60. The minimum atomic E-state index is -0.746. The van der Waals surface area contributed by atoms with Gasteiger partial charge in [-0.3, -0.25) is 14.7 Å². The van der Waals surface area contributed by atoms with Crippen molar-refractivity contribution in [2.75, 3.05) is 13.7 Å². The summed E-state index contributed by atoms with van der Waals surface area (Å²) in [6.07, 6.45) is 0.976. The Bertz CT molecular complexity index is 803. The zero-order valence-electron chi connectivity index (χ0n) is 16.2. The number of morpholine rings is 1. The van der Waals surface area contributed by atoms with Gasteiger partial charge in [-0.2, -0.15) is 5.10 Å². The molecule has 0 radical (unpaired) electrons. The molecule has 1 N–H and O–H groups in total. The van der Waals surface area contributed by atoms with E-state index in [0.29, 0.717) is 6.54 Å². The molecule has 2 amide bonds. The van der Waals surface area contributed by atoms with Gasteiger partial charge in [0, 0.05) is 30.9 Å². The lowest BCUT2D eigenvalue weighted by atomic mass is 9.95. The molecule has 0 saturated carbocycles. The van der Waals surface area contributed by atoms with Crippen LogP contribution in [0.5, 0.6) is 0 Å². The van der Waals surface area contributed by atoms with Crippen LogP contribution in [0.3, 0.4) is 0 Å². The number of nitrogens with one attached hydrogen (secondary N) is 1. The van der Waals surface area contributed by atoms with Gasteiger partial charge >= 0.3 is 0 Å². The van der Waals surface area contributed by atoms with Crippen molar-refractivity contribution >= 4 is 11.8 Å². The van der Waals surface area contributed by atoms with Gasteiger partial charge < -0.3 is 14.5 Å². The molecule has 2 atom stereocenters. The zero-order chi connectivity index (χ0) is 19.6. The normalized spacial score (nSPS) is 20.2. The molecule has 7 nitrogen and oxygen atoms in total. The first-order chi connectivity index (χ1) is 12.9. The lowest BCUT2D eigenvalue weighted by Crippen LogP contribution is -2.56. The first kappa shape index (κ1) is 19.1. The number of likely N-dealkylation sites (N-methyl/N-ethyl adjacent to an activating group) is 1. The summed E-state index contributed by atoms with van der Waals surface area (Å²) in [6, 6.07) is 9.11. The molecule has 144 valence electrons. The second kappa shape index (κ2) is 7.92. The number of aryl methyl sites for hydroxylation is 1. The monoisotopic (exact) mass is 370 g/mol. The van der Waals surface area contributed by atoms with Crippen LogP contribution in [-0.4, -0.2) is 57.6 Å². The molecule has 0 aliphatic carbocycles. The van der Waals surface area contributed by atoms with Crippen LogP contribution in [0.15, 0.2) is 36.5 Å². The van der Waals surface area contributed by atoms with Gasteiger partial charge in [0.15, 0.2) is 6.10 Å². The minimum absolute atomic E-state index is 0.0386. The molecule has 1 aliphatic rings. The van der Waals surface area contributed by atoms with Crippen molar-refractivity contribution in [1.82, 2.24) is 20.0 Å². The Morgan fingerprint density at radius 3 is 2.67 bits per heavy atom. The second-order valence-electron chi connectivity index (χ2n) is 7.20. The summed E-state index contributed by atoms with van der Waals surface area (Å²) in [5.74, 6) is -0.251. The Labute approximate surface area is 159 Å². The fraction of sp³-hybridized carbons (Fsp3) is 0.450. The van der Waals surface area contributed by atoms with E-state index in [1.165, 1.54) is 0 Å². The molecule has 0 spiro atoms. The van der Waals surface area contributed by atoms with E-state index in [1.807, 2.05) is 51.1 Å². The summed E-state index contributed by atoms with van der Waals surface area (Å²) in [4.78, 5) is 29.1. The molecule has 7 heteroatoms. The Morgan fingerprint density at radius 2 is 2.07 bits per heavy atom. The van der Waals surface area contributed by atoms with E-state index in [4.69, 9.17) is 4.74 Å². The highest BCUT2D eigenvalue weighted by Crippen LogP contribution is 2.33. The van der Waals surface area contributed by atoms with E-state index in [2.05, 4.69) is 10.2 Å². The van der Waals surface area contributed by atoms with Gasteiger partial charge in [0.2, 0.25) is 5.91 Å². The van der Waals surface area contributed by atoms with Crippen LogP contribution in [0.25, 0.3) is 0 Å². The number of H-pyrrole nitrogens is 1. The number of hydrogen-bond donors (Lipinski definition) is 1. The van der Waals surface area contributed by atoms with Gasteiger partial charge in [0.1, 0.15) is 6.61 Å². The van der Waals surface area contributed by atoms with Crippen LogP contribution in [0, 0.1) is 6.92 Å². The molecule has 3 rings (SSSR count). The molecule has 1 aromatic heterocycles. The largest absolute Gasteiger partial charge is 0.356 e. The molecule has 2 aromatic rings. The number of amides is 2. The topological polar surface area (TPSA) is 78.5 Å². The Hall–Kier alpha value is -2.67. The maximum absolute atomic E-state index is 13.2. The third-order valence-corrected chi connectivity index (χ3v) is 4.92. The molecule has 1 saturated heterocycles. The second-order valence-corrected chi connectivity index (χ2v) is 7.20. The van der Waals surface area contributed by atoms with E-state index in [9.17, 15) is 9.59 Å². The fourth-order valence-electron chi connectivity index (χ4n) is 3.51. The molecular weight excluding hydrogens is 344 g/mol. The number of aromatic amines is 1. The molecular formula is C20H26N4O3. The van der Waals surface area contributed by atoms with Crippen molar-refractivity contribution in [1.29, 1.82) is 0 Å². The number of hydrogen-bond acceptors (Lipinski definition) is 4. The maximum atomic E-state index is 13.2. The van der Waals surface area contributed by atoms with Crippen LogP contribution in [0.4, 0.5) is 0 Å². The van der Waals surface area contributed by atoms with Crippen molar-refractivity contribution in [3.63, 3.8) is 0 Å². The number of aromatic nitrogens is 2. The molecule has 2 heterocycles. The lowest BCUT2D eigenvalue weighted by molar-refractivity contribution is -0.171. The van der Waals surface area contributed by atoms with Gasteiger partial charge in [0.25, 0.3) is 5.91 Å². The number of carbonyl (C=O) groups is 2. The third kappa shape index (κ3) is 3.88. The van der Waals surface area contributed by atoms with Crippen molar-refractivity contribution in [2.45, 2.75) is 45.5 Å². The van der Waals surface area contributed by atoms with E-state index in [1.54, 1.807) is 23.0 Å². The highest BCUT2D eigenvalue weighted by atomic mass is 16.5. The number of carbonyl (C=O) groups excluding carboxylic acids is 2. The van der Waals surface area contributed by atoms with E-state index < -0.39 is 12.1 Å². The minimum Gasteiger partial charge on any atom is -0.356 e. The van der Waals surface area contributed by atoms with Crippen LogP contribution < -0.4 is 0 Å². The van der Waals surface area contributed by atoms with Crippen molar-refractivity contribution in [3.8, 4) is 0 Å². The first-order valence-corrected chi connectivity index (χ1v) is 9.11. The summed E-state index contributed by atoms with van der Waals surface area (Å²) < 4.78 is 5.76. The van der Waals surface area contributed by atoms with Crippen LogP contribution in [0.2, 0.25) is 0 Å². The van der Waals surface area contributed by atoms with Crippen molar-refractivity contribution in [2.24, 2.45) is 0 Å². The molecule has 1 aliphatic heterocycles. The SMILES string of the molecule is Cc1[nH]ncc1CN(C)C(=O)[C@H]1OCC(=O)N(C(C)C)[C@@H]1c1ccccc1. The van der Waals surface area contributed by atoms with Gasteiger partial charge in [-0.15, -0.1) is 0 Å². The van der Waals surface area contributed by atoms with E-state index in [-0.39, 0.29) is 24.5 Å². The van der Waals surface area contributed by atoms with Crippen molar-refractivity contribution < 1.29 is 14.3 Å². The van der Waals surface area contributed by atoms with Gasteiger partial charge in [-0.05, 0) is 26.3 Å². The highest BCUT2D eigenvalue weighted by Gasteiger charge is 2.43. The van der Waals surface area contributed by atoms with Crippen molar-refractivity contribution in [3.05, 3.63) is 53.3 Å². The van der Waals surface area contributed by atoms with E-state index in [0.717, 1.165) is 16.8 Å². The van der Waals surface area contributed by atoms with Crippen LogP contribution >= 0.6 is 0 Å². The quantitative estimate of drug-likeness (QED) is 0.874. The average molecular weight is 370 g/mol. The number of rotatable bonds is 5. The standard InChI is InChI=1S/C20H26N4O3/c1-13(2)24-17(25)12-27-19(18(24)15-8-6-5-7-9-15)20(26)23(4)11-16-10-21-22-14(16)3/h5-10,13,18-19H,11-12H2,1-4H3,(H,21,22)/t18-,19+/m1/s1. The van der Waals surface area contributed by atoms with Gasteiger partial charge in [-0.25, -0.2) is 0 Å². The smallest absolute Gasteiger partial charge is 0.254 e. The average Bonchev–Trinajstić information content (AvgIpc) is 3.05.